The van der Waals surface area contributed by atoms with E-state index in [1.54, 1.807) is 0 Å². The number of phenolic OH excluding ortho intramolecular Hbond substituents is 4. The molecular weight excluding hydrogens is 323 g/mol. The second-order valence-corrected chi connectivity index (χ2v) is 4.77. The van der Waals surface area contributed by atoms with Crippen LogP contribution in [0, 0.1) is 0 Å². The molecule has 4 rings (SSSR count). The number of aromatic hydroxyl groups is 4. The highest BCUT2D eigenvalue weighted by molar-refractivity contribution is 6.22. The van der Waals surface area contributed by atoms with Crippen LogP contribution in [0.4, 0.5) is 0 Å². The molecular formula is C14H9AlO8. The third kappa shape index (κ3) is 1.72. The Bertz CT molecular complexity index is 1110. The zero-order valence-electron chi connectivity index (χ0n) is 10.6. The van der Waals surface area contributed by atoms with Crippen LogP contribution >= 0.6 is 0 Å². The molecule has 9 heteroatoms. The maximum atomic E-state index is 12.0. The fourth-order valence-corrected chi connectivity index (χ4v) is 2.58. The molecule has 0 saturated heterocycles. The predicted molar refractivity (Wildman–Crippen MR) is 83.8 cm³/mol. The van der Waals surface area contributed by atoms with Crippen LogP contribution in [-0.2, 0) is 0 Å². The molecule has 0 radical (unpaired) electrons. The van der Waals surface area contributed by atoms with Crippen molar-refractivity contribution in [1.29, 1.82) is 0 Å². The minimum atomic E-state index is -0.941. The van der Waals surface area contributed by atoms with Gasteiger partial charge in [0.15, 0.2) is 40.0 Å². The van der Waals surface area contributed by atoms with E-state index in [1.807, 2.05) is 0 Å². The van der Waals surface area contributed by atoms with Gasteiger partial charge in [-0.2, -0.15) is 0 Å². The molecule has 8 nitrogen and oxygen atoms in total. The minimum Gasteiger partial charge on any atom is -0.504 e. The van der Waals surface area contributed by atoms with Crippen LogP contribution < -0.4 is 11.3 Å². The van der Waals surface area contributed by atoms with E-state index < -0.39 is 45.4 Å². The van der Waals surface area contributed by atoms with E-state index in [-0.39, 0.29) is 38.9 Å². The second-order valence-electron chi connectivity index (χ2n) is 4.77. The van der Waals surface area contributed by atoms with E-state index in [0.29, 0.717) is 0 Å². The summed E-state index contributed by atoms with van der Waals surface area (Å²) < 4.78 is 9.87. The maximum absolute atomic E-state index is 12.0. The standard InChI is InChI=1S/C14H6O8.Al.3H/c15-5-1-3-7-8-4(14(20)22-11(7)9(5)17)2-6(16)10(18)12(8)21-13(3)19;;;;/h1-2,15-18H;;;;. The number of benzene rings is 2. The molecule has 4 N–H and O–H groups in total. The van der Waals surface area contributed by atoms with E-state index in [4.69, 9.17) is 8.83 Å². The highest BCUT2D eigenvalue weighted by Crippen LogP contribution is 2.44. The molecule has 0 amide bonds. The minimum absolute atomic E-state index is 0. The van der Waals surface area contributed by atoms with Gasteiger partial charge in [-0.25, -0.2) is 9.59 Å². The first-order valence-corrected chi connectivity index (χ1v) is 6.02. The molecule has 4 aromatic rings. The highest BCUT2D eigenvalue weighted by atomic mass is 27.0. The van der Waals surface area contributed by atoms with Crippen molar-refractivity contribution in [1.82, 2.24) is 0 Å². The van der Waals surface area contributed by atoms with E-state index in [9.17, 15) is 30.0 Å². The zero-order valence-corrected chi connectivity index (χ0v) is 10.6. The van der Waals surface area contributed by atoms with Crippen molar-refractivity contribution < 1.29 is 29.3 Å². The van der Waals surface area contributed by atoms with Gasteiger partial charge in [0.2, 0.25) is 11.5 Å². The summed E-state index contributed by atoms with van der Waals surface area (Å²) in [6, 6.07) is 1.93. The Morgan fingerprint density at radius 3 is 1.39 bits per heavy atom. The molecule has 0 saturated carbocycles. The lowest BCUT2D eigenvalue weighted by molar-refractivity contribution is 0.395. The summed E-state index contributed by atoms with van der Waals surface area (Å²) in [5.41, 5.74) is -2.70. The van der Waals surface area contributed by atoms with Gasteiger partial charge < -0.3 is 29.3 Å². The van der Waals surface area contributed by atoms with Gasteiger partial charge in [0.05, 0.1) is 10.8 Å². The number of phenols is 4. The Kier molecular flexibility index (Phi) is 2.97. The van der Waals surface area contributed by atoms with E-state index >= 15 is 0 Å². The van der Waals surface area contributed by atoms with Crippen LogP contribution in [0.5, 0.6) is 23.0 Å². The zero-order chi connectivity index (χ0) is 15.8. The topological polar surface area (TPSA) is 141 Å². The van der Waals surface area contributed by atoms with Gasteiger partial charge >= 0.3 is 11.3 Å². The molecule has 0 spiro atoms. The fourth-order valence-electron chi connectivity index (χ4n) is 2.58. The molecule has 0 aliphatic rings. The van der Waals surface area contributed by atoms with Crippen LogP contribution in [0.2, 0.25) is 0 Å². The van der Waals surface area contributed by atoms with Gasteiger partial charge in [0.25, 0.3) is 0 Å². The van der Waals surface area contributed by atoms with Crippen molar-refractivity contribution in [2.24, 2.45) is 0 Å². The molecule has 0 aliphatic carbocycles. The Morgan fingerprint density at radius 1 is 0.696 bits per heavy atom. The first-order valence-electron chi connectivity index (χ1n) is 6.02. The van der Waals surface area contributed by atoms with E-state index in [0.717, 1.165) is 12.1 Å². The molecule has 0 unspecified atom stereocenters. The van der Waals surface area contributed by atoms with Crippen molar-refractivity contribution in [3.63, 3.8) is 0 Å². The van der Waals surface area contributed by atoms with Crippen LogP contribution in [0.25, 0.3) is 32.7 Å². The Hall–Kier alpha value is -2.89. The summed E-state index contributed by atoms with van der Waals surface area (Å²) in [7, 11) is 0. The average Bonchev–Trinajstić information content (AvgIpc) is 2.47. The first kappa shape index (κ1) is 15.0. The van der Waals surface area contributed by atoms with Gasteiger partial charge in [-0.1, -0.05) is 0 Å². The Labute approximate surface area is 135 Å². The molecule has 116 valence electrons. The normalized spacial score (nSPS) is 11.3. The van der Waals surface area contributed by atoms with Gasteiger partial charge in [-0.05, 0) is 12.1 Å². The molecule has 2 heterocycles. The van der Waals surface area contributed by atoms with Crippen molar-refractivity contribution in [2.45, 2.75) is 0 Å². The summed E-state index contributed by atoms with van der Waals surface area (Å²) in [5, 5.41) is 38.7. The highest BCUT2D eigenvalue weighted by Gasteiger charge is 2.24. The second kappa shape index (κ2) is 4.55. The summed E-state index contributed by atoms with van der Waals surface area (Å²) in [6.07, 6.45) is 0. The fraction of sp³-hybridized carbons (Fsp3) is 0. The number of hydrogen-bond donors (Lipinski definition) is 4. The third-order valence-electron chi connectivity index (χ3n) is 3.55. The van der Waals surface area contributed by atoms with Gasteiger partial charge in [-0.15, -0.1) is 0 Å². The lowest BCUT2D eigenvalue weighted by Crippen LogP contribution is -2.06. The predicted octanol–water partition coefficient (Wildman–Crippen LogP) is 0.129. The van der Waals surface area contributed by atoms with E-state index in [1.165, 1.54) is 0 Å². The molecule has 0 aliphatic heterocycles. The smallest absolute Gasteiger partial charge is 0.344 e. The third-order valence-corrected chi connectivity index (χ3v) is 3.55. The molecule has 0 bridgehead atoms. The summed E-state index contributed by atoms with van der Waals surface area (Å²) in [6.45, 7) is 0. The van der Waals surface area contributed by atoms with Gasteiger partial charge in [0.1, 0.15) is 0 Å². The lowest BCUT2D eigenvalue weighted by Gasteiger charge is -2.10. The van der Waals surface area contributed by atoms with Gasteiger partial charge in [-0.3, -0.25) is 0 Å². The molecule has 2 aromatic heterocycles. The maximum Gasteiger partial charge on any atom is 0.344 e. The quantitative estimate of drug-likeness (QED) is 0.154. The average molecular weight is 332 g/mol. The first-order chi connectivity index (χ1) is 10.4. The SMILES string of the molecule is O=c1oc2c(O)c(O)cc3c(=O)oc4c(O)c(O)cc1c4c23.[AlH3]. The number of rotatable bonds is 0. The van der Waals surface area contributed by atoms with Gasteiger partial charge in [0, 0.05) is 10.8 Å². The van der Waals surface area contributed by atoms with Crippen molar-refractivity contribution in [3.05, 3.63) is 33.0 Å². The van der Waals surface area contributed by atoms with Crippen molar-refractivity contribution in [3.8, 4) is 23.0 Å². The van der Waals surface area contributed by atoms with E-state index in [2.05, 4.69) is 0 Å². The van der Waals surface area contributed by atoms with Crippen LogP contribution in [0.1, 0.15) is 0 Å². The molecule has 2 aromatic carbocycles. The molecule has 0 atom stereocenters. The van der Waals surface area contributed by atoms with Crippen molar-refractivity contribution >= 4 is 50.1 Å². The lowest BCUT2D eigenvalue weighted by atomic mass is 10.0. The monoisotopic (exact) mass is 332 g/mol. The molecule has 0 fully saturated rings. The van der Waals surface area contributed by atoms with Crippen LogP contribution in [0.3, 0.4) is 0 Å². The largest absolute Gasteiger partial charge is 0.504 e. The summed E-state index contributed by atoms with van der Waals surface area (Å²) >= 11 is 0. The Balaban J connectivity index is 0.00000156. The summed E-state index contributed by atoms with van der Waals surface area (Å²) in [4.78, 5) is 24.0. The van der Waals surface area contributed by atoms with Crippen LogP contribution in [-0.4, -0.2) is 37.8 Å². The van der Waals surface area contributed by atoms with Crippen LogP contribution in [0.15, 0.2) is 30.6 Å². The molecule has 23 heavy (non-hydrogen) atoms. The summed E-state index contributed by atoms with van der Waals surface area (Å²) in [5.74, 6) is -2.75. The van der Waals surface area contributed by atoms with Crippen molar-refractivity contribution in [2.75, 3.05) is 0 Å². The number of hydrogen-bond acceptors (Lipinski definition) is 8. The Morgan fingerprint density at radius 2 is 1.04 bits per heavy atom.